The van der Waals surface area contributed by atoms with E-state index in [0.717, 1.165) is 5.56 Å². The minimum absolute atomic E-state index is 0.0333. The van der Waals surface area contributed by atoms with Crippen LogP contribution in [0.5, 0.6) is 0 Å². The normalized spacial score (nSPS) is 9.61. The fourth-order valence-corrected chi connectivity index (χ4v) is 1.27. The van der Waals surface area contributed by atoms with E-state index in [1.807, 2.05) is 6.07 Å². The Morgan fingerprint density at radius 3 is 2.78 bits per heavy atom. The van der Waals surface area contributed by atoms with Crippen molar-refractivity contribution in [3.05, 3.63) is 29.8 Å². The number of nitrogens with two attached hydrogens (primary N) is 2. The van der Waals surface area contributed by atoms with Gasteiger partial charge < -0.3 is 26.8 Å². The van der Waals surface area contributed by atoms with E-state index < -0.39 is 12.1 Å². The number of hydrogen-bond donors (Lipinski definition) is 4. The number of ether oxygens (including phenoxy) is 1. The Hall–Kier alpha value is -2.28. The van der Waals surface area contributed by atoms with Gasteiger partial charge in [0.2, 0.25) is 0 Å². The van der Waals surface area contributed by atoms with Crippen LogP contribution in [0.4, 0.5) is 15.3 Å². The molecule has 0 unspecified atom stereocenters. The Morgan fingerprint density at radius 2 is 2.11 bits per heavy atom. The number of benzene rings is 1. The zero-order valence-corrected chi connectivity index (χ0v) is 9.81. The number of rotatable bonds is 5. The minimum atomic E-state index is -0.868. The summed E-state index contributed by atoms with van der Waals surface area (Å²) in [6.07, 6.45) is -0.868. The molecule has 0 aliphatic rings. The highest BCUT2D eigenvalue weighted by Crippen LogP contribution is 2.09. The van der Waals surface area contributed by atoms with E-state index in [4.69, 9.17) is 11.5 Å². The van der Waals surface area contributed by atoms with Crippen LogP contribution in [0.1, 0.15) is 5.56 Å². The minimum Gasteiger partial charge on any atom is -0.448 e. The van der Waals surface area contributed by atoms with Gasteiger partial charge in [-0.05, 0) is 17.7 Å². The highest BCUT2D eigenvalue weighted by molar-refractivity contribution is 5.89. The quantitative estimate of drug-likeness (QED) is 0.565. The molecule has 0 fully saturated rings. The van der Waals surface area contributed by atoms with Gasteiger partial charge in [0.25, 0.3) is 0 Å². The Bertz CT molecular complexity index is 423. The number of urea groups is 1. The molecule has 7 heteroatoms. The fraction of sp³-hybridized carbons (Fsp3) is 0.273. The van der Waals surface area contributed by atoms with Gasteiger partial charge in [-0.15, -0.1) is 0 Å². The maximum atomic E-state index is 11.4. The van der Waals surface area contributed by atoms with E-state index in [-0.39, 0.29) is 13.2 Å². The number of carbonyl (C=O) groups excluding carboxylic acids is 2. The van der Waals surface area contributed by atoms with Crippen molar-refractivity contribution in [3.8, 4) is 0 Å². The third-order valence-corrected chi connectivity index (χ3v) is 2.05. The summed E-state index contributed by atoms with van der Waals surface area (Å²) >= 11 is 0. The molecule has 0 aliphatic heterocycles. The predicted octanol–water partition coefficient (Wildman–Crippen LogP) is 0.362. The van der Waals surface area contributed by atoms with Crippen molar-refractivity contribution in [1.82, 2.24) is 5.32 Å². The summed E-state index contributed by atoms with van der Waals surface area (Å²) in [5, 5.41) is 5.14. The molecule has 1 rings (SSSR count). The first-order valence-corrected chi connectivity index (χ1v) is 5.38. The van der Waals surface area contributed by atoms with Crippen LogP contribution in [-0.4, -0.2) is 25.3 Å². The van der Waals surface area contributed by atoms with Crippen molar-refractivity contribution in [1.29, 1.82) is 0 Å². The summed E-state index contributed by atoms with van der Waals surface area (Å²) < 4.78 is 4.46. The van der Waals surface area contributed by atoms with E-state index in [2.05, 4.69) is 15.4 Å². The molecule has 0 radical (unpaired) electrons. The van der Waals surface area contributed by atoms with E-state index in [1.165, 1.54) is 0 Å². The fourth-order valence-electron chi connectivity index (χ4n) is 1.27. The number of amides is 3. The highest BCUT2D eigenvalue weighted by atomic mass is 16.5. The summed E-state index contributed by atoms with van der Waals surface area (Å²) in [7, 11) is 0. The average molecular weight is 252 g/mol. The molecule has 0 saturated carbocycles. The van der Waals surface area contributed by atoms with Crippen molar-refractivity contribution >= 4 is 17.8 Å². The monoisotopic (exact) mass is 252 g/mol. The molecule has 0 aromatic heterocycles. The lowest BCUT2D eigenvalue weighted by atomic mass is 10.2. The summed E-state index contributed by atoms with van der Waals surface area (Å²) in [4.78, 5) is 21.7. The number of hydrogen-bond acceptors (Lipinski definition) is 4. The molecule has 1 aromatic rings. The van der Waals surface area contributed by atoms with Crippen molar-refractivity contribution in [2.45, 2.75) is 6.54 Å². The third-order valence-electron chi connectivity index (χ3n) is 2.05. The highest BCUT2D eigenvalue weighted by Gasteiger charge is 2.02. The van der Waals surface area contributed by atoms with Crippen LogP contribution in [0.3, 0.4) is 0 Å². The van der Waals surface area contributed by atoms with Crippen molar-refractivity contribution in [2.24, 2.45) is 11.5 Å². The predicted molar refractivity (Wildman–Crippen MR) is 66.9 cm³/mol. The molecule has 3 amide bonds. The molecule has 0 saturated heterocycles. The van der Waals surface area contributed by atoms with Gasteiger partial charge in [0.1, 0.15) is 6.61 Å². The van der Waals surface area contributed by atoms with Crippen molar-refractivity contribution in [3.63, 3.8) is 0 Å². The molecule has 18 heavy (non-hydrogen) atoms. The Labute approximate surface area is 104 Å². The van der Waals surface area contributed by atoms with Crippen molar-refractivity contribution < 1.29 is 14.3 Å². The topological polar surface area (TPSA) is 119 Å². The van der Waals surface area contributed by atoms with Crippen LogP contribution in [0.25, 0.3) is 0 Å². The molecular formula is C11H16N4O3. The largest absolute Gasteiger partial charge is 0.448 e. The summed E-state index contributed by atoms with van der Waals surface area (Å²) in [5.41, 5.74) is 11.8. The van der Waals surface area contributed by atoms with Gasteiger partial charge in [0.15, 0.2) is 0 Å². The van der Waals surface area contributed by atoms with Gasteiger partial charge in [-0.3, -0.25) is 0 Å². The standard InChI is InChI=1S/C11H16N4O3/c12-7-8-2-1-3-9(6-8)15-11(17)14-4-5-18-10(13)16/h1-3,6H,4-5,7,12H2,(H2,13,16)(H2,14,15,17). The van der Waals surface area contributed by atoms with Gasteiger partial charge in [-0.2, -0.15) is 0 Å². The van der Waals surface area contributed by atoms with Crippen LogP contribution in [0.15, 0.2) is 24.3 Å². The number of carbonyl (C=O) groups is 2. The zero-order chi connectivity index (χ0) is 13.4. The second-order valence-corrected chi connectivity index (χ2v) is 3.45. The third kappa shape index (κ3) is 5.17. The van der Waals surface area contributed by atoms with Crippen LogP contribution in [0, 0.1) is 0 Å². The van der Waals surface area contributed by atoms with Gasteiger partial charge in [-0.1, -0.05) is 12.1 Å². The average Bonchev–Trinajstić information content (AvgIpc) is 2.34. The van der Waals surface area contributed by atoms with E-state index >= 15 is 0 Å². The summed E-state index contributed by atoms with van der Waals surface area (Å²) in [5.74, 6) is 0. The number of anilines is 1. The van der Waals surface area contributed by atoms with Gasteiger partial charge in [-0.25, -0.2) is 9.59 Å². The Balaban J connectivity index is 2.33. The molecule has 98 valence electrons. The Kier molecular flexibility index (Phi) is 5.46. The van der Waals surface area contributed by atoms with E-state index in [9.17, 15) is 9.59 Å². The second kappa shape index (κ2) is 7.13. The van der Waals surface area contributed by atoms with Crippen LogP contribution in [-0.2, 0) is 11.3 Å². The van der Waals surface area contributed by atoms with Gasteiger partial charge in [0, 0.05) is 12.2 Å². The first-order valence-electron chi connectivity index (χ1n) is 5.38. The molecule has 0 heterocycles. The maximum absolute atomic E-state index is 11.4. The maximum Gasteiger partial charge on any atom is 0.404 e. The number of primary amides is 1. The second-order valence-electron chi connectivity index (χ2n) is 3.45. The van der Waals surface area contributed by atoms with Gasteiger partial charge >= 0.3 is 12.1 Å². The molecule has 0 atom stereocenters. The lowest BCUT2D eigenvalue weighted by Crippen LogP contribution is -2.32. The first kappa shape index (κ1) is 13.8. The molecule has 0 bridgehead atoms. The SMILES string of the molecule is NCc1cccc(NC(=O)NCCOC(N)=O)c1. The molecule has 1 aromatic carbocycles. The molecule has 0 spiro atoms. The first-order chi connectivity index (χ1) is 8.61. The van der Waals surface area contributed by atoms with E-state index in [0.29, 0.717) is 12.2 Å². The number of nitrogens with one attached hydrogen (secondary N) is 2. The zero-order valence-electron chi connectivity index (χ0n) is 9.81. The van der Waals surface area contributed by atoms with E-state index in [1.54, 1.807) is 18.2 Å². The lowest BCUT2D eigenvalue weighted by Gasteiger charge is -2.08. The Morgan fingerprint density at radius 1 is 1.33 bits per heavy atom. The van der Waals surface area contributed by atoms with Gasteiger partial charge in [0.05, 0.1) is 6.54 Å². The molecule has 0 aliphatic carbocycles. The summed E-state index contributed by atoms with van der Waals surface area (Å²) in [6.45, 7) is 0.626. The molecule has 7 nitrogen and oxygen atoms in total. The van der Waals surface area contributed by atoms with Crippen LogP contribution in [0.2, 0.25) is 0 Å². The molecular weight excluding hydrogens is 236 g/mol. The smallest absolute Gasteiger partial charge is 0.404 e. The summed E-state index contributed by atoms with van der Waals surface area (Å²) in [6, 6.07) is 6.80. The molecule has 6 N–H and O–H groups in total. The van der Waals surface area contributed by atoms with Crippen molar-refractivity contribution in [2.75, 3.05) is 18.5 Å². The van der Waals surface area contributed by atoms with Crippen LogP contribution >= 0.6 is 0 Å². The lowest BCUT2D eigenvalue weighted by molar-refractivity contribution is 0.157. The van der Waals surface area contributed by atoms with Crippen LogP contribution < -0.4 is 22.1 Å².